The van der Waals surface area contributed by atoms with E-state index >= 15 is 0 Å². The molecule has 0 amide bonds. The Morgan fingerprint density at radius 1 is 1.57 bits per heavy atom. The zero-order valence-electron chi connectivity index (χ0n) is 7.59. The minimum absolute atomic E-state index is 0.370. The second kappa shape index (κ2) is 3.41. The number of hydrogen-bond donors (Lipinski definition) is 1. The van der Waals surface area contributed by atoms with Crippen LogP contribution in [-0.2, 0) is 19.4 Å². The molecule has 14 heavy (non-hydrogen) atoms. The van der Waals surface area contributed by atoms with E-state index in [2.05, 4.69) is 4.99 Å². The van der Waals surface area contributed by atoms with Crippen LogP contribution < -0.4 is 0 Å². The molecule has 0 saturated carbocycles. The molecule has 0 saturated heterocycles. The Kier molecular flexibility index (Phi) is 2.61. The van der Waals surface area contributed by atoms with Crippen molar-refractivity contribution < 1.29 is 23.1 Å². The molecule has 0 atom stereocenters. The summed E-state index contributed by atoms with van der Waals surface area (Å²) in [6, 6.07) is 0. The third-order valence-corrected chi connectivity index (χ3v) is 2.87. The summed E-state index contributed by atoms with van der Waals surface area (Å²) in [5.74, 6) is -1.53. The van der Waals surface area contributed by atoms with Crippen LogP contribution in [-0.4, -0.2) is 30.8 Å². The maximum absolute atomic E-state index is 11.4. The summed E-state index contributed by atoms with van der Waals surface area (Å²) in [4.78, 5) is 13.1. The second-order valence-electron chi connectivity index (χ2n) is 2.86. The summed E-state index contributed by atoms with van der Waals surface area (Å²) in [6.45, 7) is 3.24. The highest BCUT2D eigenvalue weighted by atomic mass is 32.2. The smallest absolute Gasteiger partial charge is 0.349 e. The van der Waals surface area contributed by atoms with E-state index in [1.807, 2.05) is 0 Å². The van der Waals surface area contributed by atoms with Crippen LogP contribution in [0.15, 0.2) is 16.1 Å². The molecule has 0 spiro atoms. The van der Waals surface area contributed by atoms with Crippen molar-refractivity contribution in [3.8, 4) is 0 Å². The van der Waals surface area contributed by atoms with E-state index in [4.69, 9.17) is 9.84 Å². The van der Waals surface area contributed by atoms with Gasteiger partial charge in [-0.15, -0.1) is 0 Å². The number of ether oxygens (including phenoxy) is 1. The minimum atomic E-state index is -4.03. The zero-order chi connectivity index (χ0) is 10.9. The van der Waals surface area contributed by atoms with Gasteiger partial charge in [-0.25, -0.2) is 18.2 Å². The number of carbonyl (C=O) groups is 1. The topological polar surface area (TPSA) is 93.0 Å². The van der Waals surface area contributed by atoms with E-state index in [1.54, 1.807) is 13.8 Å². The van der Waals surface area contributed by atoms with E-state index in [0.717, 1.165) is 6.20 Å². The van der Waals surface area contributed by atoms with Crippen molar-refractivity contribution in [1.29, 1.82) is 0 Å². The Morgan fingerprint density at radius 2 is 2.14 bits per heavy atom. The van der Waals surface area contributed by atoms with Gasteiger partial charge < -0.3 is 9.84 Å². The Bertz CT molecular complexity index is 417. The molecule has 0 aliphatic carbocycles. The molecule has 6 nitrogen and oxygen atoms in total. The first-order valence-electron chi connectivity index (χ1n) is 3.78. The quantitative estimate of drug-likeness (QED) is 0.712. The fourth-order valence-corrected chi connectivity index (χ4v) is 1.93. The minimum Gasteiger partial charge on any atom is -0.477 e. The van der Waals surface area contributed by atoms with E-state index in [0.29, 0.717) is 0 Å². The van der Waals surface area contributed by atoms with Crippen molar-refractivity contribution in [3.05, 3.63) is 11.1 Å². The molecule has 0 aromatic rings. The highest BCUT2D eigenvalue weighted by Crippen LogP contribution is 2.18. The van der Waals surface area contributed by atoms with Crippen molar-refractivity contribution >= 4 is 21.0 Å². The molecule has 0 unspecified atom stereocenters. The molecular formula is C7H9NO5S. The van der Waals surface area contributed by atoms with Gasteiger partial charge in [-0.1, -0.05) is 0 Å². The van der Waals surface area contributed by atoms with Gasteiger partial charge in [-0.2, -0.15) is 0 Å². The molecule has 0 fully saturated rings. The third kappa shape index (κ3) is 1.77. The fourth-order valence-electron chi connectivity index (χ4n) is 0.810. The molecule has 0 radical (unpaired) electrons. The lowest BCUT2D eigenvalue weighted by atomic mass is 10.5. The maximum atomic E-state index is 11.4. The van der Waals surface area contributed by atoms with Crippen LogP contribution in [0.25, 0.3) is 0 Å². The fraction of sp³-hybridized carbons (Fsp3) is 0.429. The van der Waals surface area contributed by atoms with Crippen LogP contribution in [0.1, 0.15) is 13.8 Å². The van der Waals surface area contributed by atoms with Gasteiger partial charge in [-0.05, 0) is 13.8 Å². The first kappa shape index (κ1) is 10.7. The molecular weight excluding hydrogens is 210 g/mol. The number of aliphatic carboxylic acids is 1. The average Bonchev–Trinajstić information content (AvgIpc) is 2.26. The first-order chi connectivity index (χ1) is 6.35. The number of carboxylic acid groups (broad SMARTS) is 1. The van der Waals surface area contributed by atoms with Gasteiger partial charge in [0.25, 0.3) is 9.84 Å². The van der Waals surface area contributed by atoms with E-state index in [1.165, 1.54) is 0 Å². The summed E-state index contributed by atoms with van der Waals surface area (Å²) < 4.78 is 27.6. The lowest BCUT2D eigenvalue weighted by molar-refractivity contribution is -0.131. The van der Waals surface area contributed by atoms with Gasteiger partial charge in [0.2, 0.25) is 0 Å². The van der Waals surface area contributed by atoms with Crippen molar-refractivity contribution in [2.24, 2.45) is 4.99 Å². The highest BCUT2D eigenvalue weighted by Gasteiger charge is 2.36. The van der Waals surface area contributed by atoms with Gasteiger partial charge >= 0.3 is 11.2 Å². The zero-order valence-corrected chi connectivity index (χ0v) is 8.41. The summed E-state index contributed by atoms with van der Waals surface area (Å²) in [6.07, 6.45) is 0.403. The number of carboxylic acids is 1. The van der Waals surface area contributed by atoms with Gasteiger partial charge in [-0.3, -0.25) is 0 Å². The number of hydrogen-bond acceptors (Lipinski definition) is 5. The van der Waals surface area contributed by atoms with E-state index in [9.17, 15) is 13.2 Å². The predicted molar refractivity (Wildman–Crippen MR) is 48.3 cm³/mol. The number of nitrogens with zero attached hydrogens (tertiary/aromatic N) is 1. The van der Waals surface area contributed by atoms with E-state index < -0.39 is 25.9 Å². The largest absolute Gasteiger partial charge is 0.477 e. The van der Waals surface area contributed by atoms with Gasteiger partial charge in [0, 0.05) is 0 Å². The Hall–Kier alpha value is -1.37. The molecule has 78 valence electrons. The molecule has 1 aliphatic heterocycles. The molecule has 1 aliphatic rings. The number of aliphatic imine (C=N–C) groups is 1. The predicted octanol–water partition coefficient (Wildman–Crippen LogP) is 0.122. The third-order valence-electron chi connectivity index (χ3n) is 1.35. The van der Waals surface area contributed by atoms with Crippen molar-refractivity contribution in [3.63, 3.8) is 0 Å². The Labute approximate surface area is 80.8 Å². The SMILES string of the molecule is CC(C)OC1=NC=C(C(=O)O)S1(=O)=O. The van der Waals surface area contributed by atoms with Gasteiger partial charge in [0.05, 0.1) is 12.3 Å². The second-order valence-corrected chi connectivity index (χ2v) is 4.66. The lowest BCUT2D eigenvalue weighted by Gasteiger charge is -2.08. The summed E-state index contributed by atoms with van der Waals surface area (Å²) in [5, 5.41) is 7.97. The summed E-state index contributed by atoms with van der Waals surface area (Å²) in [5.41, 5.74) is 0. The van der Waals surface area contributed by atoms with Crippen molar-refractivity contribution in [2.45, 2.75) is 20.0 Å². The van der Waals surface area contributed by atoms with Crippen LogP contribution >= 0.6 is 0 Å². The van der Waals surface area contributed by atoms with Gasteiger partial charge in [0.1, 0.15) is 0 Å². The molecule has 1 heterocycles. The van der Waals surface area contributed by atoms with Gasteiger partial charge in [0.15, 0.2) is 4.91 Å². The van der Waals surface area contributed by atoms with Crippen LogP contribution in [0, 0.1) is 0 Å². The lowest BCUT2D eigenvalue weighted by Crippen LogP contribution is -2.22. The summed E-state index contributed by atoms with van der Waals surface area (Å²) >= 11 is 0. The molecule has 1 rings (SSSR count). The number of sulfone groups is 1. The summed E-state index contributed by atoms with van der Waals surface area (Å²) in [7, 11) is -4.03. The average molecular weight is 219 g/mol. The van der Waals surface area contributed by atoms with Crippen LogP contribution in [0.2, 0.25) is 0 Å². The molecule has 0 aromatic heterocycles. The first-order valence-corrected chi connectivity index (χ1v) is 5.27. The molecule has 1 N–H and O–H groups in total. The van der Waals surface area contributed by atoms with Crippen molar-refractivity contribution in [1.82, 2.24) is 0 Å². The van der Waals surface area contributed by atoms with Crippen molar-refractivity contribution in [2.75, 3.05) is 0 Å². The molecule has 7 heteroatoms. The Morgan fingerprint density at radius 3 is 2.50 bits per heavy atom. The standard InChI is InChI=1S/C7H9NO5S/c1-4(2)13-7-8-3-5(6(9)10)14(7,11)12/h3-4H,1-2H3,(H,9,10). The van der Waals surface area contributed by atoms with Crippen LogP contribution in [0.5, 0.6) is 0 Å². The van der Waals surface area contributed by atoms with E-state index in [-0.39, 0.29) is 6.10 Å². The highest BCUT2D eigenvalue weighted by molar-refractivity contribution is 8.10. The maximum Gasteiger partial charge on any atom is 0.349 e. The molecule has 0 aromatic carbocycles. The monoisotopic (exact) mass is 219 g/mol. The Balaban J connectivity index is 2.98. The number of rotatable bonds is 2. The van der Waals surface area contributed by atoms with Crippen LogP contribution in [0.4, 0.5) is 0 Å². The normalized spacial score (nSPS) is 19.1. The van der Waals surface area contributed by atoms with Crippen LogP contribution in [0.3, 0.4) is 0 Å². The molecule has 0 bridgehead atoms.